The summed E-state index contributed by atoms with van der Waals surface area (Å²) in [7, 11) is 4.02. The molecule has 3 aromatic rings. The van der Waals surface area contributed by atoms with Crippen molar-refractivity contribution in [1.82, 2.24) is 4.57 Å². The monoisotopic (exact) mass is 582 g/mol. The van der Waals surface area contributed by atoms with Crippen molar-refractivity contribution in [3.05, 3.63) is 79.0 Å². The van der Waals surface area contributed by atoms with Gasteiger partial charge in [-0.05, 0) is 55.3 Å². The fourth-order valence-corrected chi connectivity index (χ4v) is 5.20. The molecule has 0 N–H and O–H groups in total. The summed E-state index contributed by atoms with van der Waals surface area (Å²) >= 11 is 1.18. The molecule has 1 aromatic heterocycles. The molecule has 1 atom stereocenters. The topological polar surface area (TPSA) is 124 Å². The molecule has 0 radical (unpaired) electrons. The highest BCUT2D eigenvalue weighted by Gasteiger charge is 2.31. The molecule has 2 aromatic carbocycles. The van der Waals surface area contributed by atoms with E-state index in [1.165, 1.54) is 43.4 Å². The van der Waals surface area contributed by atoms with Gasteiger partial charge in [0.25, 0.3) is 5.56 Å². The minimum atomic E-state index is -0.806. The molecule has 41 heavy (non-hydrogen) atoms. The standard InChI is InChI=1S/C29H30N2O9S/c1-6-38-21-11-9-18(14-23(21)39-7-2)26-19(28(34)37-5)15-30-29-31(26)27(33)24(41-29)13-17-8-10-20(22(12-17)35-3)40-16-25(32)36-4/h8-15,26H,6-7,16H2,1-5H3/b24-13-/t26-/m1/s1. The number of fused-ring (bicyclic) bond motifs is 1. The molecule has 0 saturated carbocycles. The Kier molecular flexibility index (Phi) is 9.45. The van der Waals surface area contributed by atoms with Crippen LogP contribution in [-0.4, -0.2) is 57.7 Å². The maximum absolute atomic E-state index is 13.8. The maximum atomic E-state index is 13.8. The van der Waals surface area contributed by atoms with Crippen LogP contribution in [0.2, 0.25) is 0 Å². The Hall–Kier alpha value is -4.58. The number of thiazole rings is 1. The third-order valence-electron chi connectivity index (χ3n) is 6.07. The highest BCUT2D eigenvalue weighted by Crippen LogP contribution is 2.35. The second kappa shape index (κ2) is 13.2. The van der Waals surface area contributed by atoms with Crippen LogP contribution in [0, 0.1) is 0 Å². The summed E-state index contributed by atoms with van der Waals surface area (Å²) in [5.74, 6) is 0.643. The number of rotatable bonds is 11. The second-order valence-corrected chi connectivity index (χ2v) is 9.53. The molecule has 2 heterocycles. The van der Waals surface area contributed by atoms with Gasteiger partial charge in [0.2, 0.25) is 0 Å². The van der Waals surface area contributed by atoms with Crippen LogP contribution in [0.4, 0.5) is 0 Å². The zero-order valence-corrected chi connectivity index (χ0v) is 24.1. The van der Waals surface area contributed by atoms with E-state index in [0.717, 1.165) is 0 Å². The van der Waals surface area contributed by atoms with Gasteiger partial charge < -0.3 is 28.4 Å². The molecule has 1 aliphatic heterocycles. The van der Waals surface area contributed by atoms with E-state index in [9.17, 15) is 14.4 Å². The van der Waals surface area contributed by atoms with Crippen molar-refractivity contribution in [2.75, 3.05) is 41.2 Å². The number of aromatic nitrogens is 1. The van der Waals surface area contributed by atoms with Crippen molar-refractivity contribution in [2.24, 2.45) is 4.99 Å². The largest absolute Gasteiger partial charge is 0.493 e. The number of esters is 2. The Bertz CT molecular complexity index is 1660. The molecule has 216 valence electrons. The average Bonchev–Trinajstić information content (AvgIpc) is 3.30. The zero-order chi connectivity index (χ0) is 29.5. The minimum absolute atomic E-state index is 0.201. The summed E-state index contributed by atoms with van der Waals surface area (Å²) in [6, 6.07) is 9.54. The fourth-order valence-electron chi connectivity index (χ4n) is 4.23. The van der Waals surface area contributed by atoms with Gasteiger partial charge in [-0.25, -0.2) is 14.6 Å². The lowest BCUT2D eigenvalue weighted by Crippen LogP contribution is -2.39. The quantitative estimate of drug-likeness (QED) is 0.314. The first kappa shape index (κ1) is 29.4. The molecule has 1 aliphatic rings. The molecule has 0 spiro atoms. The third kappa shape index (κ3) is 6.27. The van der Waals surface area contributed by atoms with E-state index >= 15 is 0 Å². The maximum Gasteiger partial charge on any atom is 0.343 e. The van der Waals surface area contributed by atoms with E-state index in [2.05, 4.69) is 9.73 Å². The van der Waals surface area contributed by atoms with Gasteiger partial charge in [0.15, 0.2) is 34.4 Å². The van der Waals surface area contributed by atoms with Gasteiger partial charge in [0, 0.05) is 6.20 Å². The fraction of sp³-hybridized carbons (Fsp3) is 0.310. The Labute approximate surface area is 239 Å². The molecule has 11 nitrogen and oxygen atoms in total. The lowest BCUT2D eigenvalue weighted by Gasteiger charge is -2.23. The molecule has 0 unspecified atom stereocenters. The lowest BCUT2D eigenvalue weighted by atomic mass is 9.97. The van der Waals surface area contributed by atoms with Gasteiger partial charge in [-0.15, -0.1) is 0 Å². The van der Waals surface area contributed by atoms with Crippen molar-refractivity contribution in [3.63, 3.8) is 0 Å². The highest BCUT2D eigenvalue weighted by atomic mass is 32.1. The van der Waals surface area contributed by atoms with E-state index in [-0.39, 0.29) is 17.7 Å². The first-order valence-electron chi connectivity index (χ1n) is 12.7. The number of hydrogen-bond donors (Lipinski definition) is 0. The predicted molar refractivity (Wildman–Crippen MR) is 150 cm³/mol. The van der Waals surface area contributed by atoms with Crippen LogP contribution in [0.3, 0.4) is 0 Å². The normalized spacial score (nSPS) is 14.3. The Morgan fingerprint density at radius 3 is 2.32 bits per heavy atom. The van der Waals surface area contributed by atoms with E-state index < -0.39 is 18.0 Å². The average molecular weight is 583 g/mol. The van der Waals surface area contributed by atoms with Crippen molar-refractivity contribution < 1.29 is 38.0 Å². The molecular formula is C29H30N2O9S. The van der Waals surface area contributed by atoms with Gasteiger partial charge >= 0.3 is 11.9 Å². The minimum Gasteiger partial charge on any atom is -0.493 e. The van der Waals surface area contributed by atoms with Crippen LogP contribution in [0.1, 0.15) is 31.0 Å². The lowest BCUT2D eigenvalue weighted by molar-refractivity contribution is -0.143. The molecule has 0 fully saturated rings. The molecule has 0 aliphatic carbocycles. The number of benzene rings is 2. The van der Waals surface area contributed by atoms with Gasteiger partial charge in [-0.3, -0.25) is 9.36 Å². The van der Waals surface area contributed by atoms with Crippen LogP contribution in [0.15, 0.2) is 58.0 Å². The number of carbonyl (C=O) groups excluding carboxylic acids is 2. The Morgan fingerprint density at radius 2 is 1.63 bits per heavy atom. The van der Waals surface area contributed by atoms with Gasteiger partial charge in [-0.2, -0.15) is 0 Å². The van der Waals surface area contributed by atoms with Crippen LogP contribution >= 0.6 is 11.3 Å². The predicted octanol–water partition coefficient (Wildman–Crippen LogP) is 2.38. The SMILES string of the molecule is CCOc1ccc([C@@H]2C(C(=O)OC)=CN=c3s/c(=C\c4ccc(OCC(=O)OC)c(OC)c4)c(=O)n32)cc1OCC. The second-order valence-electron chi connectivity index (χ2n) is 8.52. The van der Waals surface area contributed by atoms with Crippen molar-refractivity contribution in [3.8, 4) is 23.0 Å². The van der Waals surface area contributed by atoms with Crippen molar-refractivity contribution in [1.29, 1.82) is 0 Å². The Morgan fingerprint density at radius 1 is 0.927 bits per heavy atom. The number of methoxy groups -OCH3 is 3. The smallest absolute Gasteiger partial charge is 0.343 e. The van der Waals surface area contributed by atoms with Gasteiger partial charge in [0.1, 0.15) is 0 Å². The molecular weight excluding hydrogens is 552 g/mol. The van der Waals surface area contributed by atoms with Gasteiger partial charge in [0.05, 0.1) is 50.7 Å². The number of hydrogen-bond acceptors (Lipinski definition) is 11. The molecule has 12 heteroatoms. The van der Waals surface area contributed by atoms with Gasteiger partial charge in [-0.1, -0.05) is 23.5 Å². The summed E-state index contributed by atoms with van der Waals surface area (Å²) in [5.41, 5.74) is 1.14. The number of nitrogens with zero attached hydrogens (tertiary/aromatic N) is 2. The highest BCUT2D eigenvalue weighted by molar-refractivity contribution is 7.07. The summed E-state index contributed by atoms with van der Waals surface area (Å²) < 4.78 is 33.8. The van der Waals surface area contributed by atoms with E-state index in [4.69, 9.17) is 23.7 Å². The zero-order valence-electron chi connectivity index (χ0n) is 23.3. The summed E-state index contributed by atoms with van der Waals surface area (Å²) in [5, 5.41) is 0. The molecule has 4 rings (SSSR count). The van der Waals surface area contributed by atoms with E-state index in [0.29, 0.717) is 56.7 Å². The molecule has 0 bridgehead atoms. The van der Waals surface area contributed by atoms with Crippen molar-refractivity contribution in [2.45, 2.75) is 19.9 Å². The van der Waals surface area contributed by atoms with Crippen LogP contribution < -0.4 is 33.8 Å². The summed E-state index contributed by atoms with van der Waals surface area (Å²) in [4.78, 5) is 42.9. The van der Waals surface area contributed by atoms with Crippen LogP contribution in [-0.2, 0) is 19.1 Å². The number of ether oxygens (including phenoxy) is 6. The summed E-state index contributed by atoms with van der Waals surface area (Å²) in [6.45, 7) is 4.31. The van der Waals surface area contributed by atoms with E-state index in [1.54, 1.807) is 42.5 Å². The molecule has 0 amide bonds. The summed E-state index contributed by atoms with van der Waals surface area (Å²) in [6.07, 6.45) is 3.12. The third-order valence-corrected chi connectivity index (χ3v) is 7.06. The van der Waals surface area contributed by atoms with Crippen LogP contribution in [0.25, 0.3) is 6.08 Å². The number of carbonyl (C=O) groups is 2. The Balaban J connectivity index is 1.81. The molecule has 0 saturated heterocycles. The first-order chi connectivity index (χ1) is 19.8. The van der Waals surface area contributed by atoms with Crippen LogP contribution in [0.5, 0.6) is 23.0 Å². The van der Waals surface area contributed by atoms with Crippen molar-refractivity contribution >= 4 is 29.4 Å². The first-order valence-corrected chi connectivity index (χ1v) is 13.5. The van der Waals surface area contributed by atoms with E-state index in [1.807, 2.05) is 13.8 Å².